The highest BCUT2D eigenvalue weighted by Crippen LogP contribution is 2.34. The highest BCUT2D eigenvalue weighted by molar-refractivity contribution is 9.10. The summed E-state index contributed by atoms with van der Waals surface area (Å²) in [6.07, 6.45) is 0. The Morgan fingerprint density at radius 1 is 1.29 bits per heavy atom. The van der Waals surface area contributed by atoms with E-state index in [0.29, 0.717) is 15.7 Å². The molecule has 9 heteroatoms. The predicted molar refractivity (Wildman–Crippen MR) is 90.2 cm³/mol. The quantitative estimate of drug-likeness (QED) is 0.808. The molecular formula is C15H12BrFN2O4S. The summed E-state index contributed by atoms with van der Waals surface area (Å²) in [5.41, 5.74) is 0.631. The van der Waals surface area contributed by atoms with Gasteiger partial charge in [-0.2, -0.15) is 0 Å². The van der Waals surface area contributed by atoms with Gasteiger partial charge in [0.2, 0.25) is 0 Å². The molecule has 0 spiro atoms. The summed E-state index contributed by atoms with van der Waals surface area (Å²) in [5.74, 6) is -0.767. The maximum atomic E-state index is 13.9. The molecule has 24 heavy (non-hydrogen) atoms. The summed E-state index contributed by atoms with van der Waals surface area (Å²) < 4.78 is 47.0. The van der Waals surface area contributed by atoms with Crippen molar-refractivity contribution in [2.75, 3.05) is 16.6 Å². The Kier molecular flexibility index (Phi) is 4.22. The zero-order chi connectivity index (χ0) is 17.5. The molecule has 3 rings (SSSR count). The Balaban J connectivity index is 1.99. The average Bonchev–Trinajstić information content (AvgIpc) is 2.49. The number of amides is 1. The average molecular weight is 415 g/mol. The van der Waals surface area contributed by atoms with Gasteiger partial charge in [-0.3, -0.25) is 9.52 Å². The van der Waals surface area contributed by atoms with Crippen molar-refractivity contribution in [3.8, 4) is 5.75 Å². The molecule has 2 N–H and O–H groups in total. The third-order valence-corrected chi connectivity index (χ3v) is 5.38. The predicted octanol–water partition coefficient (Wildman–Crippen LogP) is 3.03. The second-order valence-electron chi connectivity index (χ2n) is 5.18. The lowest BCUT2D eigenvalue weighted by molar-refractivity contribution is -0.118. The first-order valence-corrected chi connectivity index (χ1v) is 9.09. The van der Waals surface area contributed by atoms with Gasteiger partial charge < -0.3 is 10.1 Å². The van der Waals surface area contributed by atoms with Crippen molar-refractivity contribution in [1.29, 1.82) is 0 Å². The summed E-state index contributed by atoms with van der Waals surface area (Å²) in [6.45, 7) is 1.39. The summed E-state index contributed by atoms with van der Waals surface area (Å²) in [6, 6.07) is 6.82. The maximum Gasteiger partial charge on any atom is 0.262 e. The van der Waals surface area contributed by atoms with Gasteiger partial charge in [-0.15, -0.1) is 0 Å². The van der Waals surface area contributed by atoms with Crippen LogP contribution in [0.3, 0.4) is 0 Å². The number of aryl methyl sites for hydroxylation is 1. The number of carbonyl (C=O) groups excluding carboxylic acids is 1. The normalized spacial score (nSPS) is 13.7. The minimum absolute atomic E-state index is 0.0558. The molecule has 6 nitrogen and oxygen atoms in total. The van der Waals surface area contributed by atoms with E-state index in [0.717, 1.165) is 6.07 Å². The van der Waals surface area contributed by atoms with Crippen molar-refractivity contribution in [1.82, 2.24) is 0 Å². The van der Waals surface area contributed by atoms with E-state index in [9.17, 15) is 17.6 Å². The highest BCUT2D eigenvalue weighted by atomic mass is 79.9. The number of benzene rings is 2. The fraction of sp³-hybridized carbons (Fsp3) is 0.133. The molecule has 2 aromatic carbocycles. The molecule has 0 unspecified atom stereocenters. The number of nitrogens with one attached hydrogen (secondary N) is 2. The number of carbonyl (C=O) groups is 1. The zero-order valence-corrected chi connectivity index (χ0v) is 14.8. The molecule has 0 aliphatic carbocycles. The molecule has 1 aliphatic heterocycles. The first-order valence-electron chi connectivity index (χ1n) is 6.81. The number of halogens is 2. The smallest absolute Gasteiger partial charge is 0.262 e. The SMILES string of the molecule is Cc1cc2c(cc1S(=O)(=O)Nc1ccc(Br)cc1F)OCC(=O)N2. The number of hydrogen-bond acceptors (Lipinski definition) is 4. The third kappa shape index (κ3) is 3.22. The largest absolute Gasteiger partial charge is 0.482 e. The van der Waals surface area contributed by atoms with E-state index >= 15 is 0 Å². The maximum absolute atomic E-state index is 13.9. The van der Waals surface area contributed by atoms with Gasteiger partial charge in [0, 0.05) is 10.5 Å². The molecule has 2 aromatic rings. The van der Waals surface area contributed by atoms with E-state index in [4.69, 9.17) is 4.74 Å². The summed E-state index contributed by atoms with van der Waals surface area (Å²) in [5, 5.41) is 2.60. The molecule has 0 saturated carbocycles. The Morgan fingerprint density at radius 3 is 2.75 bits per heavy atom. The Hall–Kier alpha value is -2.13. The number of rotatable bonds is 3. The van der Waals surface area contributed by atoms with Crippen LogP contribution in [0.5, 0.6) is 5.75 Å². The molecular weight excluding hydrogens is 403 g/mol. The van der Waals surface area contributed by atoms with Crippen molar-refractivity contribution in [2.24, 2.45) is 0 Å². The number of fused-ring (bicyclic) bond motifs is 1. The summed E-state index contributed by atoms with van der Waals surface area (Å²) >= 11 is 3.11. The van der Waals surface area contributed by atoms with E-state index in [-0.39, 0.29) is 28.8 Å². The molecule has 1 heterocycles. The van der Waals surface area contributed by atoms with Gasteiger partial charge in [0.05, 0.1) is 16.3 Å². The number of sulfonamides is 1. The minimum atomic E-state index is -4.02. The summed E-state index contributed by atoms with van der Waals surface area (Å²) in [7, 11) is -4.02. The molecule has 0 atom stereocenters. The van der Waals surface area contributed by atoms with Crippen molar-refractivity contribution in [3.05, 3.63) is 46.2 Å². The van der Waals surface area contributed by atoms with Crippen LogP contribution in [0.1, 0.15) is 5.56 Å². The van der Waals surface area contributed by atoms with Gasteiger partial charge in [-0.25, -0.2) is 12.8 Å². The molecule has 0 radical (unpaired) electrons. The van der Waals surface area contributed by atoms with Gasteiger partial charge in [0.25, 0.3) is 15.9 Å². The summed E-state index contributed by atoms with van der Waals surface area (Å²) in [4.78, 5) is 11.3. The van der Waals surface area contributed by atoms with Gasteiger partial charge >= 0.3 is 0 Å². The van der Waals surface area contributed by atoms with E-state index in [1.807, 2.05) is 0 Å². The lowest BCUT2D eigenvalue weighted by atomic mass is 10.2. The standard InChI is InChI=1S/C15H12BrFN2O4S/c1-8-4-12-13(23-7-15(20)18-12)6-14(8)24(21,22)19-11-3-2-9(16)5-10(11)17/h2-6,19H,7H2,1H3,(H,18,20). The van der Waals surface area contributed by atoms with Crippen LogP contribution < -0.4 is 14.8 Å². The number of hydrogen-bond donors (Lipinski definition) is 2. The first-order chi connectivity index (χ1) is 11.3. The van der Waals surface area contributed by atoms with Gasteiger partial charge in [-0.1, -0.05) is 15.9 Å². The van der Waals surface area contributed by atoms with Crippen LogP contribution in [0, 0.1) is 12.7 Å². The van der Waals surface area contributed by atoms with Crippen molar-refractivity contribution in [2.45, 2.75) is 11.8 Å². The molecule has 1 amide bonds. The van der Waals surface area contributed by atoms with Crippen molar-refractivity contribution >= 4 is 43.2 Å². The molecule has 1 aliphatic rings. The van der Waals surface area contributed by atoms with Crippen molar-refractivity contribution < 1.29 is 22.3 Å². The Morgan fingerprint density at radius 2 is 2.04 bits per heavy atom. The fourth-order valence-corrected chi connectivity index (χ4v) is 3.92. The topological polar surface area (TPSA) is 84.5 Å². The van der Waals surface area contributed by atoms with Crippen LogP contribution in [0.15, 0.2) is 39.7 Å². The molecule has 0 saturated heterocycles. The van der Waals surface area contributed by atoms with E-state index in [1.165, 1.54) is 24.3 Å². The Bertz CT molecular complexity index is 947. The van der Waals surface area contributed by atoms with Crippen LogP contribution >= 0.6 is 15.9 Å². The fourth-order valence-electron chi connectivity index (χ4n) is 2.28. The molecule has 0 bridgehead atoms. The van der Waals surface area contributed by atoms with E-state index < -0.39 is 15.8 Å². The third-order valence-electron chi connectivity index (χ3n) is 3.37. The molecule has 126 valence electrons. The Labute approximate surface area is 146 Å². The second-order valence-corrected chi connectivity index (χ2v) is 7.75. The van der Waals surface area contributed by atoms with Gasteiger partial charge in [0.15, 0.2) is 6.61 Å². The van der Waals surface area contributed by atoms with Crippen LogP contribution in [-0.4, -0.2) is 20.9 Å². The van der Waals surface area contributed by atoms with Crippen LogP contribution in [-0.2, 0) is 14.8 Å². The minimum Gasteiger partial charge on any atom is -0.482 e. The van der Waals surface area contributed by atoms with Crippen LogP contribution in [0.2, 0.25) is 0 Å². The van der Waals surface area contributed by atoms with Crippen LogP contribution in [0.4, 0.5) is 15.8 Å². The number of ether oxygens (including phenoxy) is 1. The van der Waals surface area contributed by atoms with Gasteiger partial charge in [0.1, 0.15) is 11.6 Å². The molecule has 0 aromatic heterocycles. The first kappa shape index (κ1) is 16.7. The highest BCUT2D eigenvalue weighted by Gasteiger charge is 2.24. The van der Waals surface area contributed by atoms with Gasteiger partial charge in [-0.05, 0) is 36.8 Å². The lowest BCUT2D eigenvalue weighted by Crippen LogP contribution is -2.26. The monoisotopic (exact) mass is 414 g/mol. The second kappa shape index (κ2) is 6.06. The van der Waals surface area contributed by atoms with Crippen LogP contribution in [0.25, 0.3) is 0 Å². The van der Waals surface area contributed by atoms with E-state index in [1.54, 1.807) is 6.92 Å². The lowest BCUT2D eigenvalue weighted by Gasteiger charge is -2.20. The van der Waals surface area contributed by atoms with Crippen molar-refractivity contribution in [3.63, 3.8) is 0 Å². The number of anilines is 2. The van der Waals surface area contributed by atoms with E-state index in [2.05, 4.69) is 26.0 Å². The zero-order valence-electron chi connectivity index (χ0n) is 12.4. The molecule has 0 fully saturated rings.